The predicted octanol–water partition coefficient (Wildman–Crippen LogP) is 5.68. The van der Waals surface area contributed by atoms with Gasteiger partial charge in [0.05, 0.1) is 48.0 Å². The van der Waals surface area contributed by atoms with E-state index in [2.05, 4.69) is 20.5 Å². The lowest BCUT2D eigenvalue weighted by atomic mass is 10.0. The zero-order valence-electron chi connectivity index (χ0n) is 25.3. The summed E-state index contributed by atoms with van der Waals surface area (Å²) >= 11 is 0. The summed E-state index contributed by atoms with van der Waals surface area (Å²) in [6.45, 7) is 2.43. The summed E-state index contributed by atoms with van der Waals surface area (Å²) < 4.78 is 47.3. The van der Waals surface area contributed by atoms with E-state index >= 15 is 0 Å². The number of esters is 1. The minimum absolute atomic E-state index is 0.0159. The van der Waals surface area contributed by atoms with Gasteiger partial charge in [-0.1, -0.05) is 0 Å². The fourth-order valence-electron chi connectivity index (χ4n) is 5.81. The molecular formula is C34H32F2N6O4. The summed E-state index contributed by atoms with van der Waals surface area (Å²) in [6.07, 6.45) is 3.74. The highest BCUT2D eigenvalue weighted by Gasteiger charge is 2.43. The molecule has 0 atom stereocenters. The normalized spacial score (nSPS) is 16.0. The molecule has 236 valence electrons. The summed E-state index contributed by atoms with van der Waals surface area (Å²) in [5.74, 6) is -0.686. The molecule has 2 aromatic heterocycles. The maximum absolute atomic E-state index is 14.5. The number of likely N-dealkylation sites (tertiary alicyclic amines) is 1. The van der Waals surface area contributed by atoms with Crippen molar-refractivity contribution in [2.45, 2.75) is 57.9 Å². The lowest BCUT2D eigenvalue weighted by molar-refractivity contribution is 0.0601. The number of fused-ring (bicyclic) bond motifs is 1. The van der Waals surface area contributed by atoms with Gasteiger partial charge in [-0.05, 0) is 68.1 Å². The van der Waals surface area contributed by atoms with Gasteiger partial charge in [0.25, 0.3) is 0 Å². The molecule has 46 heavy (non-hydrogen) atoms. The van der Waals surface area contributed by atoms with E-state index in [0.29, 0.717) is 37.9 Å². The molecule has 1 aliphatic carbocycles. The van der Waals surface area contributed by atoms with Gasteiger partial charge in [-0.3, -0.25) is 4.90 Å². The maximum Gasteiger partial charge on any atom is 0.337 e. The zero-order valence-corrected chi connectivity index (χ0v) is 25.3. The standard InChI is InChI=1S/C34H32F2N6O4/c1-44-33(43)23-3-5-27-29(17-23)42(21-34(10-11-34)12-13-37)31(39-27)19-41-14-8-24(9-15-41)46-32-7-4-25(35)28(40-32)20-45-30-6-2-22(18-38)16-26(30)36/h2-7,16-17,24H,8-12,14-15,19-21H2,1H3. The molecule has 0 amide bonds. The average Bonchev–Trinajstić information content (AvgIpc) is 3.75. The van der Waals surface area contributed by atoms with Crippen molar-refractivity contribution in [3.8, 4) is 23.8 Å². The molecule has 2 aliphatic rings. The fraction of sp³-hybridized carbons (Fsp3) is 0.382. The van der Waals surface area contributed by atoms with Crippen LogP contribution in [0.3, 0.4) is 0 Å². The summed E-state index contributed by atoms with van der Waals surface area (Å²) in [5, 5.41) is 18.3. The number of benzene rings is 2. The van der Waals surface area contributed by atoms with Gasteiger partial charge in [-0.25, -0.2) is 23.5 Å². The largest absolute Gasteiger partial charge is 0.484 e. The molecule has 2 fully saturated rings. The van der Waals surface area contributed by atoms with E-state index < -0.39 is 17.6 Å². The van der Waals surface area contributed by atoms with Crippen LogP contribution in [0.4, 0.5) is 8.78 Å². The van der Waals surface area contributed by atoms with Gasteiger partial charge in [-0.15, -0.1) is 0 Å². The third-order valence-electron chi connectivity index (χ3n) is 8.66. The minimum Gasteiger partial charge on any atom is -0.484 e. The Hall–Kier alpha value is -5.07. The van der Waals surface area contributed by atoms with E-state index in [1.165, 1.54) is 31.4 Å². The Morgan fingerprint density at radius 1 is 1.04 bits per heavy atom. The van der Waals surface area contributed by atoms with Crippen molar-refractivity contribution in [1.29, 1.82) is 10.5 Å². The van der Waals surface area contributed by atoms with Crippen LogP contribution in [0.25, 0.3) is 11.0 Å². The van der Waals surface area contributed by atoms with Crippen LogP contribution in [0.5, 0.6) is 11.6 Å². The minimum atomic E-state index is -0.714. The first-order chi connectivity index (χ1) is 22.3. The molecule has 10 nitrogen and oxygen atoms in total. The number of imidazole rings is 1. The molecule has 6 rings (SSSR count). The van der Waals surface area contributed by atoms with Crippen LogP contribution in [0.15, 0.2) is 48.5 Å². The molecule has 0 radical (unpaired) electrons. The van der Waals surface area contributed by atoms with E-state index in [4.69, 9.17) is 24.5 Å². The van der Waals surface area contributed by atoms with E-state index in [9.17, 15) is 18.8 Å². The maximum atomic E-state index is 14.5. The van der Waals surface area contributed by atoms with Crippen LogP contribution in [0.2, 0.25) is 0 Å². The molecular weight excluding hydrogens is 594 g/mol. The third kappa shape index (κ3) is 6.77. The number of pyridine rings is 1. The Kier molecular flexibility index (Phi) is 8.82. The van der Waals surface area contributed by atoms with Gasteiger partial charge in [0.2, 0.25) is 5.88 Å². The van der Waals surface area contributed by atoms with Crippen LogP contribution in [-0.4, -0.2) is 51.7 Å². The van der Waals surface area contributed by atoms with Gasteiger partial charge >= 0.3 is 5.97 Å². The van der Waals surface area contributed by atoms with Crippen molar-refractivity contribution in [2.75, 3.05) is 20.2 Å². The Balaban J connectivity index is 1.10. The SMILES string of the molecule is COC(=O)c1ccc2nc(CN3CCC(Oc4ccc(F)c(COc5ccc(C#N)cc5F)n4)CC3)n(CC3(CC#N)CC3)c2c1. The number of piperidine rings is 1. The summed E-state index contributed by atoms with van der Waals surface area (Å²) in [6, 6.07) is 16.1. The van der Waals surface area contributed by atoms with E-state index in [1.54, 1.807) is 6.07 Å². The van der Waals surface area contributed by atoms with E-state index in [0.717, 1.165) is 48.9 Å². The Morgan fingerprint density at radius 2 is 1.85 bits per heavy atom. The highest BCUT2D eigenvalue weighted by molar-refractivity contribution is 5.93. The second-order valence-electron chi connectivity index (χ2n) is 11.9. The number of halogens is 2. The van der Waals surface area contributed by atoms with Crippen molar-refractivity contribution in [1.82, 2.24) is 19.4 Å². The van der Waals surface area contributed by atoms with Crippen LogP contribution >= 0.6 is 0 Å². The van der Waals surface area contributed by atoms with Crippen LogP contribution in [0, 0.1) is 39.7 Å². The Bertz CT molecular complexity index is 1850. The van der Waals surface area contributed by atoms with Gasteiger partial charge in [0.1, 0.15) is 30.0 Å². The third-order valence-corrected chi connectivity index (χ3v) is 8.66. The van der Waals surface area contributed by atoms with Crippen molar-refractivity contribution in [2.24, 2.45) is 5.41 Å². The molecule has 0 spiro atoms. The Morgan fingerprint density at radius 3 is 2.54 bits per heavy atom. The number of hydrogen-bond donors (Lipinski definition) is 0. The van der Waals surface area contributed by atoms with Gasteiger partial charge in [0, 0.05) is 37.5 Å². The number of ether oxygens (including phenoxy) is 3. The Labute approximate surface area is 264 Å². The van der Waals surface area contributed by atoms with Gasteiger partial charge in [-0.2, -0.15) is 10.5 Å². The number of methoxy groups -OCH3 is 1. The number of carbonyl (C=O) groups is 1. The van der Waals surface area contributed by atoms with Crippen LogP contribution < -0.4 is 9.47 Å². The zero-order chi connectivity index (χ0) is 32.3. The first-order valence-corrected chi connectivity index (χ1v) is 15.1. The smallest absolute Gasteiger partial charge is 0.337 e. The fourth-order valence-corrected chi connectivity index (χ4v) is 5.81. The number of hydrogen-bond acceptors (Lipinski definition) is 9. The molecule has 0 bridgehead atoms. The van der Waals surface area contributed by atoms with Gasteiger partial charge in [0.15, 0.2) is 11.6 Å². The van der Waals surface area contributed by atoms with Crippen LogP contribution in [0.1, 0.15) is 59.5 Å². The van der Waals surface area contributed by atoms with Crippen LogP contribution in [-0.2, 0) is 24.4 Å². The predicted molar refractivity (Wildman–Crippen MR) is 162 cm³/mol. The van der Waals surface area contributed by atoms with Crippen molar-refractivity contribution >= 4 is 17.0 Å². The molecule has 1 saturated heterocycles. The number of nitriles is 2. The molecule has 1 aliphatic heterocycles. The van der Waals surface area contributed by atoms with Gasteiger partial charge < -0.3 is 18.8 Å². The monoisotopic (exact) mass is 626 g/mol. The van der Waals surface area contributed by atoms with E-state index in [1.807, 2.05) is 18.2 Å². The number of aromatic nitrogens is 3. The van der Waals surface area contributed by atoms with Crippen molar-refractivity contribution < 1.29 is 27.8 Å². The van der Waals surface area contributed by atoms with Crippen molar-refractivity contribution in [3.63, 3.8) is 0 Å². The number of nitrogens with zero attached hydrogens (tertiary/aromatic N) is 6. The molecule has 1 saturated carbocycles. The van der Waals surface area contributed by atoms with E-state index in [-0.39, 0.29) is 41.0 Å². The average molecular weight is 627 g/mol. The van der Waals surface area contributed by atoms with Crippen molar-refractivity contribution in [3.05, 3.63) is 82.8 Å². The molecule has 0 unspecified atom stereocenters. The number of rotatable bonds is 11. The molecule has 2 aromatic carbocycles. The summed E-state index contributed by atoms with van der Waals surface area (Å²) in [4.78, 5) is 23.7. The summed E-state index contributed by atoms with van der Waals surface area (Å²) in [5.41, 5.74) is 2.17. The molecule has 4 aromatic rings. The summed E-state index contributed by atoms with van der Waals surface area (Å²) in [7, 11) is 1.36. The highest BCUT2D eigenvalue weighted by atomic mass is 19.1. The second-order valence-corrected chi connectivity index (χ2v) is 11.9. The lowest BCUT2D eigenvalue weighted by Gasteiger charge is -2.32. The second kappa shape index (κ2) is 13.1. The topological polar surface area (TPSA) is 126 Å². The lowest BCUT2D eigenvalue weighted by Crippen LogP contribution is -2.38. The molecule has 0 N–H and O–H groups in total. The number of carbonyl (C=O) groups excluding carboxylic acids is 1. The first-order valence-electron chi connectivity index (χ1n) is 15.1. The highest BCUT2D eigenvalue weighted by Crippen LogP contribution is 2.50. The molecule has 12 heteroatoms. The molecule has 3 heterocycles. The quantitative estimate of drug-likeness (QED) is 0.193. The first kappa shape index (κ1) is 30.9.